The lowest BCUT2D eigenvalue weighted by Gasteiger charge is -2.25. The van der Waals surface area contributed by atoms with Gasteiger partial charge in [-0.2, -0.15) is 5.10 Å². The third-order valence-corrected chi connectivity index (χ3v) is 5.52. The van der Waals surface area contributed by atoms with Crippen molar-refractivity contribution in [2.45, 2.75) is 31.2 Å². The highest BCUT2D eigenvalue weighted by molar-refractivity contribution is 5.97. The lowest BCUT2D eigenvalue weighted by Crippen LogP contribution is -2.55. The zero-order valence-electron chi connectivity index (χ0n) is 16.6. The molecule has 0 bridgehead atoms. The fourth-order valence-corrected chi connectivity index (χ4v) is 3.90. The summed E-state index contributed by atoms with van der Waals surface area (Å²) in [5, 5.41) is 7.57. The third-order valence-electron chi connectivity index (χ3n) is 5.52. The van der Waals surface area contributed by atoms with Gasteiger partial charge in [0.25, 0.3) is 0 Å². The summed E-state index contributed by atoms with van der Waals surface area (Å²) in [7, 11) is 0. The minimum Gasteiger partial charge on any atom is -0.368 e. The van der Waals surface area contributed by atoms with Gasteiger partial charge in [-0.05, 0) is 31.1 Å². The molecule has 152 valence electrons. The molecule has 4 rings (SSSR count). The molecule has 1 aromatic heterocycles. The lowest BCUT2D eigenvalue weighted by molar-refractivity contribution is -0.129. The van der Waals surface area contributed by atoms with E-state index in [2.05, 4.69) is 5.32 Å². The van der Waals surface area contributed by atoms with Crippen LogP contribution < -0.4 is 11.1 Å². The number of hydrogen-bond donors (Lipinski definition) is 2. The highest BCUT2D eigenvalue weighted by Gasteiger charge is 2.40. The van der Waals surface area contributed by atoms with E-state index in [4.69, 9.17) is 10.8 Å². The van der Waals surface area contributed by atoms with Crippen LogP contribution in [0.2, 0.25) is 0 Å². The molecular formula is C24H24N4O2. The molecule has 1 aliphatic rings. The number of amides is 2. The Morgan fingerprint density at radius 1 is 1.00 bits per heavy atom. The second-order valence-corrected chi connectivity index (χ2v) is 7.56. The monoisotopic (exact) mass is 400 g/mol. The number of para-hydroxylation sites is 1. The summed E-state index contributed by atoms with van der Waals surface area (Å²) in [4.78, 5) is 24.5. The number of aromatic nitrogens is 2. The largest absolute Gasteiger partial charge is 0.368 e. The summed E-state index contributed by atoms with van der Waals surface area (Å²) < 4.78 is 1.79. The van der Waals surface area contributed by atoms with Gasteiger partial charge in [-0.25, -0.2) is 4.68 Å². The molecule has 2 aromatic carbocycles. The van der Waals surface area contributed by atoms with Crippen molar-refractivity contribution in [2.24, 2.45) is 5.73 Å². The first-order chi connectivity index (χ1) is 14.6. The first kappa shape index (κ1) is 19.6. The predicted octanol–water partition coefficient (Wildman–Crippen LogP) is 3.47. The Morgan fingerprint density at radius 2 is 1.63 bits per heavy atom. The van der Waals surface area contributed by atoms with Crippen molar-refractivity contribution in [3.63, 3.8) is 0 Å². The molecule has 1 saturated carbocycles. The Labute approximate surface area is 175 Å². The maximum Gasteiger partial charge on any atom is 0.244 e. The first-order valence-electron chi connectivity index (χ1n) is 10.1. The van der Waals surface area contributed by atoms with Crippen LogP contribution in [0, 0.1) is 0 Å². The van der Waals surface area contributed by atoms with Crippen LogP contribution in [0.1, 0.15) is 31.2 Å². The van der Waals surface area contributed by atoms with E-state index >= 15 is 0 Å². The molecule has 1 heterocycles. The van der Waals surface area contributed by atoms with Gasteiger partial charge in [-0.3, -0.25) is 9.59 Å². The quantitative estimate of drug-likeness (QED) is 0.621. The molecule has 3 aromatic rings. The number of benzene rings is 2. The lowest BCUT2D eigenvalue weighted by atomic mass is 9.96. The standard InChI is InChI=1S/C24H24N4O2/c25-23(30)24(15-7-8-16-24)26-21(29)14-13-19-17-28(20-11-5-2-6-12-20)27-22(19)18-9-3-1-4-10-18/h1-6,9-14,17H,7-8,15-16H2,(H2,25,30)(H,26,29). The molecule has 0 atom stereocenters. The Balaban J connectivity index is 1.63. The Morgan fingerprint density at radius 3 is 2.27 bits per heavy atom. The molecule has 0 radical (unpaired) electrons. The van der Waals surface area contributed by atoms with Gasteiger partial charge in [0.1, 0.15) is 5.54 Å². The summed E-state index contributed by atoms with van der Waals surface area (Å²) >= 11 is 0. The van der Waals surface area contributed by atoms with Gasteiger partial charge in [0.05, 0.1) is 11.4 Å². The minimum absolute atomic E-state index is 0.331. The van der Waals surface area contributed by atoms with Crippen LogP contribution in [0.5, 0.6) is 0 Å². The molecule has 1 aliphatic carbocycles. The highest BCUT2D eigenvalue weighted by atomic mass is 16.2. The Kier molecular flexibility index (Phi) is 5.48. The molecule has 6 nitrogen and oxygen atoms in total. The Bertz CT molecular complexity index is 1070. The van der Waals surface area contributed by atoms with Crippen LogP contribution in [0.4, 0.5) is 0 Å². The van der Waals surface area contributed by atoms with Crippen molar-refractivity contribution < 1.29 is 9.59 Å². The van der Waals surface area contributed by atoms with Crippen molar-refractivity contribution in [1.82, 2.24) is 15.1 Å². The maximum atomic E-state index is 12.6. The van der Waals surface area contributed by atoms with Gasteiger partial charge in [0, 0.05) is 23.4 Å². The summed E-state index contributed by atoms with van der Waals surface area (Å²) in [5.74, 6) is -0.800. The smallest absolute Gasteiger partial charge is 0.244 e. The molecule has 2 amide bonds. The van der Waals surface area contributed by atoms with Gasteiger partial charge < -0.3 is 11.1 Å². The molecule has 0 spiro atoms. The zero-order valence-corrected chi connectivity index (χ0v) is 16.6. The molecule has 0 unspecified atom stereocenters. The average molecular weight is 400 g/mol. The first-order valence-corrected chi connectivity index (χ1v) is 10.1. The van der Waals surface area contributed by atoms with E-state index in [1.54, 1.807) is 10.8 Å². The second-order valence-electron chi connectivity index (χ2n) is 7.56. The summed E-state index contributed by atoms with van der Waals surface area (Å²) in [6.07, 6.45) is 8.01. The van der Waals surface area contributed by atoms with E-state index in [1.807, 2.05) is 66.9 Å². The van der Waals surface area contributed by atoms with Crippen molar-refractivity contribution in [1.29, 1.82) is 0 Å². The van der Waals surface area contributed by atoms with E-state index in [0.717, 1.165) is 35.3 Å². The average Bonchev–Trinajstić information content (AvgIpc) is 3.42. The van der Waals surface area contributed by atoms with E-state index < -0.39 is 11.4 Å². The van der Waals surface area contributed by atoms with E-state index in [1.165, 1.54) is 6.08 Å². The number of nitrogens with one attached hydrogen (secondary N) is 1. The number of nitrogens with zero attached hydrogens (tertiary/aromatic N) is 2. The van der Waals surface area contributed by atoms with E-state index in [0.29, 0.717) is 12.8 Å². The topological polar surface area (TPSA) is 90.0 Å². The fraction of sp³-hybridized carbons (Fsp3) is 0.208. The van der Waals surface area contributed by atoms with Crippen LogP contribution >= 0.6 is 0 Å². The molecular weight excluding hydrogens is 376 g/mol. The number of nitrogens with two attached hydrogens (primary N) is 1. The Hall–Kier alpha value is -3.67. The number of carbonyl (C=O) groups is 2. The SMILES string of the molecule is NC(=O)C1(NC(=O)C=Cc2cn(-c3ccccc3)nc2-c2ccccc2)CCCC1. The van der Waals surface area contributed by atoms with Gasteiger partial charge >= 0.3 is 0 Å². The van der Waals surface area contributed by atoms with Gasteiger partial charge in [0.15, 0.2) is 0 Å². The number of hydrogen-bond acceptors (Lipinski definition) is 3. The van der Waals surface area contributed by atoms with Crippen molar-refractivity contribution in [3.05, 3.63) is 78.5 Å². The van der Waals surface area contributed by atoms with Crippen molar-refractivity contribution in [3.8, 4) is 16.9 Å². The fourth-order valence-electron chi connectivity index (χ4n) is 3.90. The summed E-state index contributed by atoms with van der Waals surface area (Å²) in [5.41, 5.74) is 8.09. The molecule has 0 aliphatic heterocycles. The summed E-state index contributed by atoms with van der Waals surface area (Å²) in [6.45, 7) is 0. The molecule has 3 N–H and O–H groups in total. The number of primary amides is 1. The van der Waals surface area contributed by atoms with Crippen LogP contribution in [0.15, 0.2) is 72.9 Å². The van der Waals surface area contributed by atoms with Crippen LogP contribution in [-0.2, 0) is 9.59 Å². The van der Waals surface area contributed by atoms with Crippen LogP contribution in [0.25, 0.3) is 23.0 Å². The van der Waals surface area contributed by atoms with Gasteiger partial charge in [-0.1, -0.05) is 61.4 Å². The molecule has 1 fully saturated rings. The second kappa shape index (κ2) is 8.37. The predicted molar refractivity (Wildman–Crippen MR) is 117 cm³/mol. The van der Waals surface area contributed by atoms with Crippen molar-refractivity contribution >= 4 is 17.9 Å². The maximum absolute atomic E-state index is 12.6. The van der Waals surface area contributed by atoms with Gasteiger partial charge in [0.2, 0.25) is 11.8 Å². The third kappa shape index (κ3) is 4.03. The number of carbonyl (C=O) groups excluding carboxylic acids is 2. The van der Waals surface area contributed by atoms with E-state index in [-0.39, 0.29) is 5.91 Å². The molecule has 30 heavy (non-hydrogen) atoms. The number of rotatable bonds is 6. The highest BCUT2D eigenvalue weighted by Crippen LogP contribution is 2.29. The van der Waals surface area contributed by atoms with Crippen LogP contribution in [-0.4, -0.2) is 27.1 Å². The summed E-state index contributed by atoms with van der Waals surface area (Å²) in [6, 6.07) is 19.6. The van der Waals surface area contributed by atoms with Gasteiger partial charge in [-0.15, -0.1) is 0 Å². The molecule has 0 saturated heterocycles. The molecule has 6 heteroatoms. The van der Waals surface area contributed by atoms with E-state index in [9.17, 15) is 9.59 Å². The minimum atomic E-state index is -0.933. The van der Waals surface area contributed by atoms with Crippen molar-refractivity contribution in [2.75, 3.05) is 0 Å². The van der Waals surface area contributed by atoms with Crippen LogP contribution in [0.3, 0.4) is 0 Å². The zero-order chi connectivity index (χ0) is 21.0. The normalized spacial score (nSPS) is 15.3.